The number of rotatable bonds is 3. The normalized spacial score (nSPS) is 31.7. The largest absolute Gasteiger partial charge is 0.340 e. The highest BCUT2D eigenvalue weighted by Crippen LogP contribution is 2.21. The summed E-state index contributed by atoms with van der Waals surface area (Å²) in [5.41, 5.74) is -0.710. The van der Waals surface area contributed by atoms with E-state index in [-0.39, 0.29) is 17.9 Å². The molecule has 0 saturated carbocycles. The van der Waals surface area contributed by atoms with Gasteiger partial charge >= 0.3 is 0 Å². The third kappa shape index (κ3) is 1.98. The number of hydrogen-bond acceptors (Lipinski definition) is 2. The highest BCUT2D eigenvalue weighted by Gasteiger charge is 2.44. The van der Waals surface area contributed by atoms with Gasteiger partial charge in [-0.05, 0) is 26.7 Å². The summed E-state index contributed by atoms with van der Waals surface area (Å²) in [5, 5.41) is 2.80. The zero-order valence-corrected chi connectivity index (χ0v) is 9.96. The summed E-state index contributed by atoms with van der Waals surface area (Å²) in [5.74, 6) is -0.00801. The lowest BCUT2D eigenvalue weighted by Gasteiger charge is -2.42. The molecule has 0 aromatic carbocycles. The molecule has 0 spiro atoms. The number of nitrogens with zero attached hydrogens (tertiary/aromatic N) is 1. The molecule has 0 bridgehead atoms. The third-order valence-corrected chi connectivity index (χ3v) is 3.15. The van der Waals surface area contributed by atoms with E-state index in [0.29, 0.717) is 13.0 Å². The van der Waals surface area contributed by atoms with Crippen LogP contribution in [0.3, 0.4) is 0 Å². The fraction of sp³-hybridized carbons (Fsp3) is 0.818. The molecule has 2 atom stereocenters. The molecule has 0 aromatic rings. The van der Waals surface area contributed by atoms with Gasteiger partial charge in [-0.25, -0.2) is 0 Å². The van der Waals surface area contributed by atoms with E-state index < -0.39 is 5.54 Å². The van der Waals surface area contributed by atoms with Crippen LogP contribution >= 0.6 is 0 Å². The molecule has 0 aliphatic carbocycles. The van der Waals surface area contributed by atoms with Crippen molar-refractivity contribution in [2.24, 2.45) is 0 Å². The van der Waals surface area contributed by atoms with Crippen molar-refractivity contribution in [2.45, 2.75) is 52.1 Å². The highest BCUT2D eigenvalue weighted by atomic mass is 16.2. The second kappa shape index (κ2) is 4.21. The molecule has 2 amide bonds. The predicted octanol–water partition coefficient (Wildman–Crippen LogP) is 0.912. The van der Waals surface area contributed by atoms with Crippen molar-refractivity contribution in [3.8, 4) is 0 Å². The topological polar surface area (TPSA) is 49.4 Å². The van der Waals surface area contributed by atoms with Gasteiger partial charge in [-0.1, -0.05) is 13.8 Å². The summed E-state index contributed by atoms with van der Waals surface area (Å²) >= 11 is 0. The lowest BCUT2D eigenvalue weighted by Crippen LogP contribution is -2.68. The number of carbonyl (C=O) groups excluding carboxylic acids is 2. The maximum Gasteiger partial charge on any atom is 0.248 e. The number of hydrogen-bond donors (Lipinski definition) is 1. The quantitative estimate of drug-likeness (QED) is 0.756. The van der Waals surface area contributed by atoms with Crippen LogP contribution in [0.5, 0.6) is 0 Å². The van der Waals surface area contributed by atoms with Gasteiger partial charge in [0.05, 0.1) is 0 Å². The summed E-state index contributed by atoms with van der Waals surface area (Å²) in [7, 11) is 0. The Hall–Kier alpha value is -1.06. The molecule has 86 valence electrons. The van der Waals surface area contributed by atoms with E-state index in [2.05, 4.69) is 5.32 Å². The second-order valence-electron chi connectivity index (χ2n) is 4.35. The van der Waals surface area contributed by atoms with Crippen LogP contribution in [0, 0.1) is 0 Å². The Balaban J connectivity index is 2.94. The molecule has 2 unspecified atom stereocenters. The van der Waals surface area contributed by atoms with E-state index in [0.717, 1.165) is 6.42 Å². The van der Waals surface area contributed by atoms with E-state index in [1.54, 1.807) is 18.7 Å². The fourth-order valence-electron chi connectivity index (χ4n) is 1.84. The average molecular weight is 212 g/mol. The van der Waals surface area contributed by atoms with Gasteiger partial charge in [0.2, 0.25) is 11.8 Å². The van der Waals surface area contributed by atoms with Crippen LogP contribution in [0.1, 0.15) is 40.5 Å². The Morgan fingerprint density at radius 1 is 1.40 bits per heavy atom. The molecular weight excluding hydrogens is 192 g/mol. The standard InChI is InChI=1S/C11H20N2O2/c1-5-7-13-8(3)9(14)12-11(4,6-2)10(13)15/h8H,5-7H2,1-4H3,(H,12,14). The van der Waals surface area contributed by atoms with Crippen molar-refractivity contribution < 1.29 is 9.59 Å². The molecule has 0 aromatic heterocycles. The Kier molecular flexibility index (Phi) is 3.37. The number of piperazine rings is 1. The maximum absolute atomic E-state index is 12.1. The van der Waals surface area contributed by atoms with Crippen LogP contribution in [0.25, 0.3) is 0 Å². The predicted molar refractivity (Wildman–Crippen MR) is 58.3 cm³/mol. The zero-order chi connectivity index (χ0) is 11.6. The first-order chi connectivity index (χ1) is 6.96. The monoisotopic (exact) mass is 212 g/mol. The van der Waals surface area contributed by atoms with Crippen LogP contribution < -0.4 is 5.32 Å². The van der Waals surface area contributed by atoms with Crippen LogP contribution in [0.2, 0.25) is 0 Å². The average Bonchev–Trinajstić information content (AvgIpc) is 2.22. The van der Waals surface area contributed by atoms with Crippen LogP contribution in [-0.2, 0) is 9.59 Å². The minimum Gasteiger partial charge on any atom is -0.340 e. The maximum atomic E-state index is 12.1. The molecule has 1 fully saturated rings. The third-order valence-electron chi connectivity index (χ3n) is 3.15. The summed E-state index contributed by atoms with van der Waals surface area (Å²) in [4.78, 5) is 25.5. The van der Waals surface area contributed by atoms with Gasteiger partial charge in [0, 0.05) is 6.54 Å². The van der Waals surface area contributed by atoms with Gasteiger partial charge in [-0.3, -0.25) is 9.59 Å². The summed E-state index contributed by atoms with van der Waals surface area (Å²) < 4.78 is 0. The fourth-order valence-corrected chi connectivity index (χ4v) is 1.84. The zero-order valence-electron chi connectivity index (χ0n) is 9.96. The van der Waals surface area contributed by atoms with Crippen molar-refractivity contribution in [3.05, 3.63) is 0 Å². The number of nitrogens with one attached hydrogen (secondary N) is 1. The molecule has 1 N–H and O–H groups in total. The van der Waals surface area contributed by atoms with E-state index in [9.17, 15) is 9.59 Å². The molecule has 1 rings (SSSR count). The minimum atomic E-state index is -0.710. The van der Waals surface area contributed by atoms with E-state index >= 15 is 0 Å². The Morgan fingerprint density at radius 2 is 2.00 bits per heavy atom. The summed E-state index contributed by atoms with van der Waals surface area (Å²) in [6.45, 7) is 8.15. The van der Waals surface area contributed by atoms with Gasteiger partial charge in [0.15, 0.2) is 0 Å². The smallest absolute Gasteiger partial charge is 0.248 e. The lowest BCUT2D eigenvalue weighted by atomic mass is 9.92. The van der Waals surface area contributed by atoms with Crippen molar-refractivity contribution in [3.63, 3.8) is 0 Å². The molecular formula is C11H20N2O2. The first kappa shape index (κ1) is 12.0. The molecule has 15 heavy (non-hydrogen) atoms. The first-order valence-electron chi connectivity index (χ1n) is 5.59. The Bertz CT molecular complexity index is 278. The highest BCUT2D eigenvalue weighted by molar-refractivity contribution is 5.99. The van der Waals surface area contributed by atoms with Gasteiger partial charge < -0.3 is 10.2 Å². The minimum absolute atomic E-state index is 0.0407. The molecule has 0 radical (unpaired) electrons. The van der Waals surface area contributed by atoms with Gasteiger partial charge in [0.25, 0.3) is 0 Å². The number of amides is 2. The van der Waals surface area contributed by atoms with Crippen LogP contribution in [0.4, 0.5) is 0 Å². The molecule has 1 heterocycles. The Morgan fingerprint density at radius 3 is 2.47 bits per heavy atom. The van der Waals surface area contributed by atoms with Gasteiger partial charge in [0.1, 0.15) is 11.6 Å². The van der Waals surface area contributed by atoms with E-state index in [4.69, 9.17) is 0 Å². The van der Waals surface area contributed by atoms with Gasteiger partial charge in [-0.15, -0.1) is 0 Å². The lowest BCUT2D eigenvalue weighted by molar-refractivity contribution is -0.153. The molecule has 4 nitrogen and oxygen atoms in total. The van der Waals surface area contributed by atoms with Crippen molar-refractivity contribution in [2.75, 3.05) is 6.54 Å². The van der Waals surface area contributed by atoms with Crippen molar-refractivity contribution >= 4 is 11.8 Å². The Labute approximate surface area is 91.0 Å². The molecule has 1 aliphatic heterocycles. The van der Waals surface area contributed by atoms with E-state index in [1.165, 1.54) is 0 Å². The summed E-state index contributed by atoms with van der Waals surface area (Å²) in [6.07, 6.45) is 1.51. The van der Waals surface area contributed by atoms with Crippen molar-refractivity contribution in [1.29, 1.82) is 0 Å². The summed E-state index contributed by atoms with van der Waals surface area (Å²) in [6, 6.07) is -0.336. The number of carbonyl (C=O) groups is 2. The van der Waals surface area contributed by atoms with Gasteiger partial charge in [-0.2, -0.15) is 0 Å². The van der Waals surface area contributed by atoms with Crippen molar-refractivity contribution in [1.82, 2.24) is 10.2 Å². The first-order valence-corrected chi connectivity index (χ1v) is 5.59. The van der Waals surface area contributed by atoms with Crippen LogP contribution in [-0.4, -0.2) is 34.8 Å². The molecule has 1 saturated heterocycles. The molecule has 4 heteroatoms. The molecule has 1 aliphatic rings. The van der Waals surface area contributed by atoms with Crippen LogP contribution in [0.15, 0.2) is 0 Å². The second-order valence-corrected chi connectivity index (χ2v) is 4.35. The van der Waals surface area contributed by atoms with E-state index in [1.807, 2.05) is 13.8 Å². The SMILES string of the molecule is CCCN1C(=O)C(C)(CC)NC(=O)C1C.